The van der Waals surface area contributed by atoms with Crippen LogP contribution in [0.4, 0.5) is 5.82 Å². The molecule has 0 aliphatic heterocycles. The van der Waals surface area contributed by atoms with Gasteiger partial charge in [0.05, 0.1) is 17.4 Å². The van der Waals surface area contributed by atoms with Crippen molar-refractivity contribution in [3.05, 3.63) is 40.1 Å². The highest BCUT2D eigenvalue weighted by Crippen LogP contribution is 2.30. The Bertz CT molecular complexity index is 551. The molecule has 6 heteroatoms. The topological polar surface area (TPSA) is 47.0 Å². The third-order valence-corrected chi connectivity index (χ3v) is 2.87. The zero-order chi connectivity index (χ0) is 13.0. The van der Waals surface area contributed by atoms with Gasteiger partial charge < -0.3 is 10.1 Å². The second-order valence-electron chi connectivity index (χ2n) is 3.45. The maximum absolute atomic E-state index is 6.06. The van der Waals surface area contributed by atoms with Crippen LogP contribution in [0, 0.1) is 0 Å². The van der Waals surface area contributed by atoms with E-state index in [4.69, 9.17) is 16.3 Å². The van der Waals surface area contributed by atoms with Gasteiger partial charge in [-0.15, -0.1) is 0 Å². The van der Waals surface area contributed by atoms with Crippen molar-refractivity contribution in [2.75, 3.05) is 11.9 Å². The molecule has 0 spiro atoms. The molecule has 0 bridgehead atoms. The fraction of sp³-hybridized carbons (Fsp3) is 0.167. The lowest BCUT2D eigenvalue weighted by Gasteiger charge is -2.08. The van der Waals surface area contributed by atoms with Crippen LogP contribution in [0.5, 0.6) is 11.6 Å². The van der Waals surface area contributed by atoms with Crippen molar-refractivity contribution < 1.29 is 4.74 Å². The number of nitrogens with zero attached hydrogens (tertiary/aromatic N) is 2. The first kappa shape index (κ1) is 13.1. The minimum atomic E-state index is 0.401. The molecule has 0 fully saturated rings. The molecule has 0 saturated heterocycles. The van der Waals surface area contributed by atoms with Crippen molar-refractivity contribution in [3.8, 4) is 11.6 Å². The number of halogens is 2. The lowest BCUT2D eigenvalue weighted by atomic mass is 10.3. The van der Waals surface area contributed by atoms with Crippen LogP contribution < -0.4 is 10.1 Å². The molecule has 4 nitrogen and oxygen atoms in total. The maximum atomic E-state index is 6.06. The molecule has 1 N–H and O–H groups in total. The summed E-state index contributed by atoms with van der Waals surface area (Å²) in [7, 11) is 0. The van der Waals surface area contributed by atoms with Gasteiger partial charge in [-0.2, -0.15) is 4.98 Å². The zero-order valence-corrected chi connectivity index (χ0v) is 12.0. The van der Waals surface area contributed by atoms with Crippen LogP contribution in [0.25, 0.3) is 0 Å². The van der Waals surface area contributed by atoms with Crippen LogP contribution in [0.3, 0.4) is 0 Å². The highest BCUT2D eigenvalue weighted by atomic mass is 79.9. The van der Waals surface area contributed by atoms with E-state index in [-0.39, 0.29) is 0 Å². The van der Waals surface area contributed by atoms with E-state index in [1.165, 1.54) is 0 Å². The molecule has 2 rings (SSSR count). The average molecular weight is 329 g/mol. The molecule has 1 aromatic carbocycles. The molecule has 18 heavy (non-hydrogen) atoms. The highest BCUT2D eigenvalue weighted by Gasteiger charge is 2.05. The van der Waals surface area contributed by atoms with Gasteiger partial charge >= 0.3 is 0 Å². The summed E-state index contributed by atoms with van der Waals surface area (Å²) < 4.78 is 6.48. The summed E-state index contributed by atoms with van der Waals surface area (Å²) in [6.45, 7) is 2.76. The van der Waals surface area contributed by atoms with E-state index in [9.17, 15) is 0 Å². The smallest absolute Gasteiger partial charge is 0.239 e. The summed E-state index contributed by atoms with van der Waals surface area (Å²) in [4.78, 5) is 8.30. The summed E-state index contributed by atoms with van der Waals surface area (Å²) in [5.41, 5.74) is 0. The number of ether oxygens (including phenoxy) is 1. The summed E-state index contributed by atoms with van der Waals surface area (Å²) in [5.74, 6) is 1.61. The largest absolute Gasteiger partial charge is 0.436 e. The number of benzene rings is 1. The molecule has 0 unspecified atom stereocenters. The molecular weight excluding hydrogens is 318 g/mol. The van der Waals surface area contributed by atoms with Gasteiger partial charge in [0.25, 0.3) is 0 Å². The Balaban J connectivity index is 2.20. The fourth-order valence-electron chi connectivity index (χ4n) is 1.33. The average Bonchev–Trinajstić information content (AvgIpc) is 2.34. The van der Waals surface area contributed by atoms with Gasteiger partial charge in [0.15, 0.2) is 0 Å². The van der Waals surface area contributed by atoms with E-state index in [0.717, 1.165) is 11.0 Å². The second kappa shape index (κ2) is 6.02. The van der Waals surface area contributed by atoms with E-state index in [1.54, 1.807) is 24.5 Å². The van der Waals surface area contributed by atoms with Gasteiger partial charge in [-0.3, -0.25) is 4.98 Å². The van der Waals surface area contributed by atoms with Crippen molar-refractivity contribution in [1.29, 1.82) is 0 Å². The van der Waals surface area contributed by atoms with Crippen LogP contribution >= 0.6 is 27.5 Å². The maximum Gasteiger partial charge on any atom is 0.239 e. The van der Waals surface area contributed by atoms with Crippen molar-refractivity contribution in [3.63, 3.8) is 0 Å². The molecule has 0 amide bonds. The molecule has 0 aliphatic rings. The first-order valence-corrected chi connectivity index (χ1v) is 6.55. The summed E-state index contributed by atoms with van der Waals surface area (Å²) in [6.07, 6.45) is 3.18. The predicted octanol–water partition coefficient (Wildman–Crippen LogP) is 4.12. The van der Waals surface area contributed by atoms with Crippen molar-refractivity contribution in [2.45, 2.75) is 6.92 Å². The summed E-state index contributed by atoms with van der Waals surface area (Å²) in [5, 5.41) is 3.58. The standard InChI is InChI=1S/C12H11BrClN3O/c1-2-16-11-6-15-7-12(17-11)18-10-4-3-8(13)5-9(10)14/h3-7H,2H2,1H3,(H,16,17). The molecular formula is C12H11BrClN3O. The minimum Gasteiger partial charge on any atom is -0.436 e. The quantitative estimate of drug-likeness (QED) is 0.917. The Hall–Kier alpha value is -1.33. The normalized spacial score (nSPS) is 10.2. The number of nitrogens with one attached hydrogen (secondary N) is 1. The Labute approximate surface area is 118 Å². The number of anilines is 1. The predicted molar refractivity (Wildman–Crippen MR) is 75.4 cm³/mol. The number of rotatable bonds is 4. The van der Waals surface area contributed by atoms with Crippen LogP contribution in [0.2, 0.25) is 5.02 Å². The zero-order valence-electron chi connectivity index (χ0n) is 9.65. The van der Waals surface area contributed by atoms with Crippen LogP contribution in [0.15, 0.2) is 35.1 Å². The van der Waals surface area contributed by atoms with Crippen molar-refractivity contribution in [2.24, 2.45) is 0 Å². The minimum absolute atomic E-state index is 0.401. The Morgan fingerprint density at radius 3 is 2.94 bits per heavy atom. The Kier molecular flexibility index (Phi) is 4.38. The third kappa shape index (κ3) is 3.34. The Morgan fingerprint density at radius 1 is 1.39 bits per heavy atom. The first-order valence-electron chi connectivity index (χ1n) is 5.38. The van der Waals surface area contributed by atoms with Crippen LogP contribution in [-0.2, 0) is 0 Å². The number of hydrogen-bond acceptors (Lipinski definition) is 4. The summed E-state index contributed by atoms with van der Waals surface area (Å²) >= 11 is 9.40. The van der Waals surface area contributed by atoms with E-state index in [0.29, 0.717) is 22.5 Å². The van der Waals surface area contributed by atoms with Gasteiger partial charge in [0.1, 0.15) is 11.6 Å². The lowest BCUT2D eigenvalue weighted by molar-refractivity contribution is 0.461. The molecule has 1 aromatic heterocycles. The molecule has 0 atom stereocenters. The SMILES string of the molecule is CCNc1cncc(Oc2ccc(Br)cc2Cl)n1. The van der Waals surface area contributed by atoms with E-state index >= 15 is 0 Å². The van der Waals surface area contributed by atoms with Crippen LogP contribution in [-0.4, -0.2) is 16.5 Å². The molecule has 1 heterocycles. The van der Waals surface area contributed by atoms with Gasteiger partial charge in [0.2, 0.25) is 5.88 Å². The van der Waals surface area contributed by atoms with Crippen LogP contribution in [0.1, 0.15) is 6.92 Å². The van der Waals surface area contributed by atoms with Crippen molar-refractivity contribution >= 4 is 33.3 Å². The van der Waals surface area contributed by atoms with Crippen molar-refractivity contribution in [1.82, 2.24) is 9.97 Å². The third-order valence-electron chi connectivity index (χ3n) is 2.08. The second-order valence-corrected chi connectivity index (χ2v) is 4.77. The first-order chi connectivity index (χ1) is 8.69. The molecule has 0 radical (unpaired) electrons. The molecule has 0 saturated carbocycles. The van der Waals surface area contributed by atoms with E-state index in [2.05, 4.69) is 31.2 Å². The van der Waals surface area contributed by atoms with Gasteiger partial charge in [0, 0.05) is 11.0 Å². The van der Waals surface area contributed by atoms with Gasteiger partial charge in [-0.25, -0.2) is 0 Å². The highest BCUT2D eigenvalue weighted by molar-refractivity contribution is 9.10. The summed E-state index contributed by atoms with van der Waals surface area (Å²) in [6, 6.07) is 5.38. The molecule has 2 aromatic rings. The molecule has 94 valence electrons. The molecule has 0 aliphatic carbocycles. The number of aromatic nitrogens is 2. The van der Waals surface area contributed by atoms with E-state index < -0.39 is 0 Å². The van der Waals surface area contributed by atoms with Gasteiger partial charge in [-0.05, 0) is 25.1 Å². The lowest BCUT2D eigenvalue weighted by Crippen LogP contribution is -2.00. The fourth-order valence-corrected chi connectivity index (χ4v) is 2.05. The Morgan fingerprint density at radius 2 is 2.22 bits per heavy atom. The van der Waals surface area contributed by atoms with Gasteiger partial charge in [-0.1, -0.05) is 27.5 Å². The number of hydrogen-bond donors (Lipinski definition) is 1. The van der Waals surface area contributed by atoms with E-state index in [1.807, 2.05) is 13.0 Å². The monoisotopic (exact) mass is 327 g/mol.